The minimum absolute atomic E-state index is 0.460. The van der Waals surface area contributed by atoms with Gasteiger partial charge in [-0.2, -0.15) is 0 Å². The fraction of sp³-hybridized carbons (Fsp3) is 0.143. The Morgan fingerprint density at radius 1 is 1.21 bits per heavy atom. The van der Waals surface area contributed by atoms with Crippen molar-refractivity contribution >= 4 is 33.0 Å². The van der Waals surface area contributed by atoms with E-state index in [0.29, 0.717) is 5.95 Å². The lowest BCUT2D eigenvalue weighted by molar-refractivity contribution is 1.05. The van der Waals surface area contributed by atoms with Crippen LogP contribution in [0.15, 0.2) is 34.9 Å². The summed E-state index contributed by atoms with van der Waals surface area (Å²) in [6.45, 7) is 4.11. The number of benzene rings is 1. The molecule has 0 saturated heterocycles. The number of fused-ring (bicyclic) bond motifs is 1. The first-order chi connectivity index (χ1) is 9.08. The van der Waals surface area contributed by atoms with Crippen LogP contribution in [-0.2, 0) is 0 Å². The molecular weight excluding hydrogens is 304 g/mol. The Labute approximate surface area is 119 Å². The molecule has 1 aromatic carbocycles. The summed E-state index contributed by atoms with van der Waals surface area (Å²) < 4.78 is 2.97. The predicted octanol–water partition coefficient (Wildman–Crippen LogP) is 3.38. The molecule has 2 heterocycles. The van der Waals surface area contributed by atoms with Gasteiger partial charge in [-0.3, -0.25) is 4.57 Å². The van der Waals surface area contributed by atoms with Crippen LogP contribution in [0.2, 0.25) is 0 Å². The molecule has 0 spiro atoms. The summed E-state index contributed by atoms with van der Waals surface area (Å²) in [6, 6.07) is 7.91. The summed E-state index contributed by atoms with van der Waals surface area (Å²) in [7, 11) is 0. The lowest BCUT2D eigenvalue weighted by Crippen LogP contribution is -2.05. The van der Waals surface area contributed by atoms with E-state index in [4.69, 9.17) is 5.73 Å². The second kappa shape index (κ2) is 4.35. The van der Waals surface area contributed by atoms with E-state index >= 15 is 0 Å². The van der Waals surface area contributed by atoms with Crippen LogP contribution in [0, 0.1) is 13.8 Å². The van der Waals surface area contributed by atoms with E-state index in [1.807, 2.05) is 16.7 Å². The van der Waals surface area contributed by atoms with E-state index in [9.17, 15) is 0 Å². The molecule has 0 aliphatic rings. The van der Waals surface area contributed by atoms with Gasteiger partial charge in [0.2, 0.25) is 5.95 Å². The van der Waals surface area contributed by atoms with Crippen LogP contribution >= 0.6 is 15.9 Å². The second-order valence-corrected chi connectivity index (χ2v) is 5.46. The molecule has 5 heteroatoms. The van der Waals surface area contributed by atoms with Crippen molar-refractivity contribution in [3.05, 3.63) is 46.1 Å². The molecule has 0 atom stereocenters. The SMILES string of the molecule is Cc1cc(Br)cc(C)c1-n1c(N)nc2cccnc21. The lowest BCUT2D eigenvalue weighted by atomic mass is 10.1. The van der Waals surface area contributed by atoms with E-state index in [1.54, 1.807) is 6.20 Å². The number of nitrogens with zero attached hydrogens (tertiary/aromatic N) is 3. The first kappa shape index (κ1) is 12.2. The molecule has 19 heavy (non-hydrogen) atoms. The Balaban J connectivity index is 2.40. The number of nitrogen functional groups attached to an aromatic ring is 1. The Kier molecular flexibility index (Phi) is 2.78. The van der Waals surface area contributed by atoms with Crippen LogP contribution < -0.4 is 5.73 Å². The molecule has 0 bridgehead atoms. The maximum atomic E-state index is 6.06. The van der Waals surface area contributed by atoms with Gasteiger partial charge in [-0.25, -0.2) is 9.97 Å². The molecule has 96 valence electrons. The second-order valence-electron chi connectivity index (χ2n) is 4.54. The zero-order valence-corrected chi connectivity index (χ0v) is 12.3. The third-order valence-corrected chi connectivity index (χ3v) is 3.58. The maximum absolute atomic E-state index is 6.06. The van der Waals surface area contributed by atoms with Crippen molar-refractivity contribution < 1.29 is 0 Å². The molecule has 0 fully saturated rings. The number of aromatic nitrogens is 3. The number of halogens is 1. The van der Waals surface area contributed by atoms with Gasteiger partial charge in [-0.15, -0.1) is 0 Å². The van der Waals surface area contributed by atoms with Crippen LogP contribution in [0.1, 0.15) is 11.1 Å². The summed E-state index contributed by atoms with van der Waals surface area (Å²) in [4.78, 5) is 8.75. The van der Waals surface area contributed by atoms with Crippen LogP contribution in [0.5, 0.6) is 0 Å². The Morgan fingerprint density at radius 2 is 1.89 bits per heavy atom. The van der Waals surface area contributed by atoms with E-state index in [2.05, 4.69) is 51.9 Å². The third kappa shape index (κ3) is 1.90. The highest BCUT2D eigenvalue weighted by atomic mass is 79.9. The first-order valence-corrected chi connectivity index (χ1v) is 6.73. The van der Waals surface area contributed by atoms with Crippen LogP contribution in [0.4, 0.5) is 5.95 Å². The maximum Gasteiger partial charge on any atom is 0.207 e. The summed E-state index contributed by atoms with van der Waals surface area (Å²) in [5.41, 5.74) is 11.0. The molecule has 2 N–H and O–H groups in total. The highest BCUT2D eigenvalue weighted by molar-refractivity contribution is 9.10. The Morgan fingerprint density at radius 3 is 2.58 bits per heavy atom. The monoisotopic (exact) mass is 316 g/mol. The van der Waals surface area contributed by atoms with Gasteiger partial charge in [0.15, 0.2) is 5.65 Å². The van der Waals surface area contributed by atoms with Gasteiger partial charge in [-0.1, -0.05) is 15.9 Å². The van der Waals surface area contributed by atoms with Crippen molar-refractivity contribution in [3.8, 4) is 5.69 Å². The fourth-order valence-electron chi connectivity index (χ4n) is 2.41. The molecular formula is C14H13BrN4. The van der Waals surface area contributed by atoms with Crippen molar-refractivity contribution in [1.82, 2.24) is 14.5 Å². The van der Waals surface area contributed by atoms with Crippen LogP contribution in [0.25, 0.3) is 16.9 Å². The van der Waals surface area contributed by atoms with Gasteiger partial charge in [0.1, 0.15) is 5.52 Å². The topological polar surface area (TPSA) is 56.7 Å². The Bertz CT molecular complexity index is 753. The fourth-order valence-corrected chi connectivity index (χ4v) is 3.09. The number of pyridine rings is 1. The molecule has 0 aliphatic heterocycles. The highest BCUT2D eigenvalue weighted by Crippen LogP contribution is 2.28. The molecule has 0 saturated carbocycles. The summed E-state index contributed by atoms with van der Waals surface area (Å²) in [6.07, 6.45) is 1.75. The highest BCUT2D eigenvalue weighted by Gasteiger charge is 2.14. The number of imidazole rings is 1. The summed E-state index contributed by atoms with van der Waals surface area (Å²) >= 11 is 3.51. The van der Waals surface area contributed by atoms with Gasteiger partial charge < -0.3 is 5.73 Å². The number of hydrogen-bond donors (Lipinski definition) is 1. The smallest absolute Gasteiger partial charge is 0.207 e. The summed E-state index contributed by atoms with van der Waals surface area (Å²) in [5, 5.41) is 0. The van der Waals surface area contributed by atoms with Crippen molar-refractivity contribution in [2.75, 3.05) is 5.73 Å². The minimum atomic E-state index is 0.460. The van der Waals surface area contributed by atoms with E-state index in [0.717, 1.165) is 32.5 Å². The van der Waals surface area contributed by atoms with Crippen molar-refractivity contribution in [1.29, 1.82) is 0 Å². The van der Waals surface area contributed by atoms with Gasteiger partial charge >= 0.3 is 0 Å². The molecule has 0 radical (unpaired) electrons. The molecule has 0 aliphatic carbocycles. The standard InChI is InChI=1S/C14H13BrN4/c1-8-6-10(15)7-9(2)12(8)19-13-11(18-14(19)16)4-3-5-17-13/h3-7H,1-2H3,(H2,16,18). The van der Waals surface area contributed by atoms with E-state index in [-0.39, 0.29) is 0 Å². The molecule has 4 nitrogen and oxygen atoms in total. The minimum Gasteiger partial charge on any atom is -0.369 e. The van der Waals surface area contributed by atoms with Gasteiger partial charge in [0, 0.05) is 10.7 Å². The number of rotatable bonds is 1. The average Bonchev–Trinajstić information content (AvgIpc) is 2.65. The molecule has 2 aromatic heterocycles. The molecule has 3 aromatic rings. The van der Waals surface area contributed by atoms with Crippen molar-refractivity contribution in [2.24, 2.45) is 0 Å². The van der Waals surface area contributed by atoms with Gasteiger partial charge in [-0.05, 0) is 49.2 Å². The third-order valence-electron chi connectivity index (χ3n) is 3.12. The zero-order valence-electron chi connectivity index (χ0n) is 10.7. The van der Waals surface area contributed by atoms with Crippen molar-refractivity contribution in [2.45, 2.75) is 13.8 Å². The Hall–Kier alpha value is -1.88. The molecule has 0 unspecified atom stereocenters. The van der Waals surface area contributed by atoms with Gasteiger partial charge in [0.25, 0.3) is 0 Å². The normalized spacial score (nSPS) is 11.1. The van der Waals surface area contributed by atoms with Crippen molar-refractivity contribution in [3.63, 3.8) is 0 Å². The van der Waals surface area contributed by atoms with Crippen LogP contribution in [-0.4, -0.2) is 14.5 Å². The molecule has 3 rings (SSSR count). The quantitative estimate of drug-likeness (QED) is 0.748. The van der Waals surface area contributed by atoms with Crippen LogP contribution in [0.3, 0.4) is 0 Å². The number of anilines is 1. The predicted molar refractivity (Wildman–Crippen MR) is 80.5 cm³/mol. The summed E-state index contributed by atoms with van der Waals surface area (Å²) in [5.74, 6) is 0.460. The first-order valence-electron chi connectivity index (χ1n) is 5.94. The average molecular weight is 317 g/mol. The number of aryl methyl sites for hydroxylation is 2. The zero-order chi connectivity index (χ0) is 13.6. The number of nitrogens with two attached hydrogens (primary N) is 1. The lowest BCUT2D eigenvalue weighted by Gasteiger charge is -2.13. The van der Waals surface area contributed by atoms with E-state index in [1.165, 1.54) is 0 Å². The van der Waals surface area contributed by atoms with E-state index < -0.39 is 0 Å². The van der Waals surface area contributed by atoms with Gasteiger partial charge in [0.05, 0.1) is 5.69 Å². The number of hydrogen-bond acceptors (Lipinski definition) is 3. The molecule has 0 amide bonds. The largest absolute Gasteiger partial charge is 0.369 e.